The second-order valence-corrected chi connectivity index (χ2v) is 5.85. The molecule has 100 valence electrons. The number of hydrogen-bond acceptors (Lipinski definition) is 4. The Balaban J connectivity index is 2.46. The highest BCUT2D eigenvalue weighted by atomic mass is 31.2. The minimum absolute atomic E-state index is 0.0469. The number of aliphatic hydroxyl groups is 1. The third-order valence-corrected chi connectivity index (χ3v) is 3.50. The molecule has 4 atom stereocenters. The summed E-state index contributed by atoms with van der Waals surface area (Å²) in [7, 11) is -2.43. The standard InChI is InChI=1S/C8H17BFO6P/c9-8-7(15-3-2-10)6(11)5(16-8)1-4-17(12,13)14/h5-8,11H,1-4,9H2,(H2,12,13,14)/t5-,6-,7-,8-/m1/s1. The summed E-state index contributed by atoms with van der Waals surface area (Å²) in [6, 6.07) is -0.418. The normalized spacial score (nSPS) is 34.1. The zero-order chi connectivity index (χ0) is 13.1. The molecule has 0 saturated carbocycles. The lowest BCUT2D eigenvalue weighted by Gasteiger charge is -2.18. The summed E-state index contributed by atoms with van der Waals surface area (Å²) >= 11 is 0. The van der Waals surface area contributed by atoms with E-state index in [9.17, 15) is 14.1 Å². The van der Waals surface area contributed by atoms with Gasteiger partial charge in [-0.1, -0.05) is 0 Å². The third kappa shape index (κ3) is 4.65. The molecule has 0 aromatic rings. The summed E-state index contributed by atoms with van der Waals surface area (Å²) in [5.74, 6) is 0. The van der Waals surface area contributed by atoms with Crippen molar-refractivity contribution in [2.24, 2.45) is 0 Å². The Morgan fingerprint density at radius 2 is 2.12 bits per heavy atom. The molecule has 0 aromatic heterocycles. The number of halogens is 1. The van der Waals surface area contributed by atoms with Crippen LogP contribution in [0.25, 0.3) is 0 Å². The van der Waals surface area contributed by atoms with Crippen molar-refractivity contribution in [2.45, 2.75) is 30.7 Å². The number of rotatable bonds is 6. The number of alkyl halides is 1. The summed E-state index contributed by atoms with van der Waals surface area (Å²) in [5, 5.41) is 9.82. The van der Waals surface area contributed by atoms with Crippen LogP contribution in [0, 0.1) is 0 Å². The summed E-state index contributed by atoms with van der Waals surface area (Å²) < 4.78 is 33.1. The first kappa shape index (κ1) is 15.1. The lowest BCUT2D eigenvalue weighted by atomic mass is 9.92. The first-order valence-corrected chi connectivity index (χ1v) is 7.20. The Hall–Kier alpha value is 0.0249. The molecule has 1 heterocycles. The molecular weight excluding hydrogens is 253 g/mol. The Bertz CT molecular complexity index is 287. The average molecular weight is 270 g/mol. The van der Waals surface area contributed by atoms with E-state index in [1.165, 1.54) is 0 Å². The molecule has 9 heteroatoms. The van der Waals surface area contributed by atoms with E-state index in [-0.39, 0.29) is 19.2 Å². The fourth-order valence-corrected chi connectivity index (χ4v) is 2.46. The van der Waals surface area contributed by atoms with Gasteiger partial charge in [0.25, 0.3) is 0 Å². The maximum Gasteiger partial charge on any atom is 0.325 e. The van der Waals surface area contributed by atoms with Crippen molar-refractivity contribution >= 4 is 15.4 Å². The highest BCUT2D eigenvalue weighted by Gasteiger charge is 2.42. The predicted octanol–water partition coefficient (Wildman–Crippen LogP) is -1.37. The molecule has 1 saturated heterocycles. The predicted molar refractivity (Wildman–Crippen MR) is 60.5 cm³/mol. The first-order chi connectivity index (χ1) is 7.85. The van der Waals surface area contributed by atoms with E-state index in [1.54, 1.807) is 7.85 Å². The van der Waals surface area contributed by atoms with Gasteiger partial charge in [0.05, 0.1) is 24.9 Å². The topological polar surface area (TPSA) is 96.2 Å². The maximum atomic E-state index is 12.0. The van der Waals surface area contributed by atoms with Crippen LogP contribution in [0.3, 0.4) is 0 Å². The summed E-state index contributed by atoms with van der Waals surface area (Å²) in [6.07, 6.45) is -2.61. The van der Waals surface area contributed by atoms with Crippen molar-refractivity contribution in [3.8, 4) is 0 Å². The van der Waals surface area contributed by atoms with E-state index in [4.69, 9.17) is 19.3 Å². The second-order valence-electron chi connectivity index (χ2n) is 4.07. The van der Waals surface area contributed by atoms with Crippen molar-refractivity contribution in [3.63, 3.8) is 0 Å². The SMILES string of the molecule is B[C@@H]1O[C@H](CCP(=O)(O)O)[C@@H](O)[C@H]1OCCF. The third-order valence-electron chi connectivity index (χ3n) is 2.66. The highest BCUT2D eigenvalue weighted by Crippen LogP contribution is 2.37. The zero-order valence-electron chi connectivity index (χ0n) is 9.53. The van der Waals surface area contributed by atoms with Gasteiger partial charge in [-0.25, -0.2) is 4.39 Å². The first-order valence-electron chi connectivity index (χ1n) is 5.41. The van der Waals surface area contributed by atoms with Crippen LogP contribution in [0.5, 0.6) is 0 Å². The van der Waals surface area contributed by atoms with E-state index in [1.807, 2.05) is 0 Å². The second kappa shape index (κ2) is 6.27. The summed E-state index contributed by atoms with van der Waals surface area (Å²) in [6.45, 7) is -0.774. The van der Waals surface area contributed by atoms with E-state index < -0.39 is 38.6 Å². The Labute approximate surface area is 99.7 Å². The fraction of sp³-hybridized carbons (Fsp3) is 1.00. The molecule has 3 N–H and O–H groups in total. The van der Waals surface area contributed by atoms with Gasteiger partial charge in [-0.2, -0.15) is 0 Å². The van der Waals surface area contributed by atoms with Crippen LogP contribution >= 0.6 is 7.60 Å². The molecule has 0 unspecified atom stereocenters. The van der Waals surface area contributed by atoms with Gasteiger partial charge in [0.2, 0.25) is 0 Å². The van der Waals surface area contributed by atoms with Crippen molar-refractivity contribution < 1.29 is 33.3 Å². The maximum absolute atomic E-state index is 12.0. The van der Waals surface area contributed by atoms with Crippen LogP contribution in [0.4, 0.5) is 4.39 Å². The fourth-order valence-electron chi connectivity index (χ4n) is 1.87. The minimum atomic E-state index is -4.10. The smallest absolute Gasteiger partial charge is 0.325 e. The van der Waals surface area contributed by atoms with Crippen LogP contribution in [0.15, 0.2) is 0 Å². The molecule has 0 amide bonds. The van der Waals surface area contributed by atoms with Crippen molar-refractivity contribution in [1.29, 1.82) is 0 Å². The molecule has 0 aromatic carbocycles. The minimum Gasteiger partial charge on any atom is -0.388 e. The van der Waals surface area contributed by atoms with Gasteiger partial charge in [-0.05, 0) is 6.42 Å². The van der Waals surface area contributed by atoms with Crippen LogP contribution in [0.2, 0.25) is 0 Å². The number of aliphatic hydroxyl groups excluding tert-OH is 1. The van der Waals surface area contributed by atoms with Crippen LogP contribution in [0.1, 0.15) is 6.42 Å². The molecule has 17 heavy (non-hydrogen) atoms. The zero-order valence-corrected chi connectivity index (χ0v) is 10.4. The molecule has 6 nitrogen and oxygen atoms in total. The lowest BCUT2D eigenvalue weighted by molar-refractivity contribution is -0.0259. The molecule has 0 radical (unpaired) electrons. The average Bonchev–Trinajstić information content (AvgIpc) is 2.48. The molecule has 1 fully saturated rings. The molecule has 1 rings (SSSR count). The molecule has 0 spiro atoms. The Morgan fingerprint density at radius 1 is 1.47 bits per heavy atom. The van der Waals surface area contributed by atoms with Crippen molar-refractivity contribution in [3.05, 3.63) is 0 Å². The number of hydrogen-bond donors (Lipinski definition) is 3. The summed E-state index contributed by atoms with van der Waals surface area (Å²) in [5.41, 5.74) is 0. The van der Waals surface area contributed by atoms with Gasteiger partial charge in [-0.15, -0.1) is 0 Å². The molecule has 0 aliphatic carbocycles. The van der Waals surface area contributed by atoms with Crippen molar-refractivity contribution in [1.82, 2.24) is 0 Å². The van der Waals surface area contributed by atoms with E-state index in [0.29, 0.717) is 0 Å². The van der Waals surface area contributed by atoms with Gasteiger partial charge >= 0.3 is 7.60 Å². The van der Waals surface area contributed by atoms with Crippen LogP contribution in [-0.2, 0) is 14.0 Å². The van der Waals surface area contributed by atoms with E-state index in [0.717, 1.165) is 0 Å². The van der Waals surface area contributed by atoms with Crippen LogP contribution < -0.4 is 0 Å². The monoisotopic (exact) mass is 270 g/mol. The van der Waals surface area contributed by atoms with Gasteiger partial charge in [-0.3, -0.25) is 4.57 Å². The highest BCUT2D eigenvalue weighted by molar-refractivity contribution is 7.51. The van der Waals surface area contributed by atoms with Gasteiger partial charge in [0, 0.05) is 0 Å². The molecular formula is C8H17BFO6P. The van der Waals surface area contributed by atoms with Gasteiger partial charge in [0.15, 0.2) is 0 Å². The lowest BCUT2D eigenvalue weighted by Crippen LogP contribution is -2.36. The molecule has 1 aliphatic rings. The Morgan fingerprint density at radius 3 is 2.65 bits per heavy atom. The van der Waals surface area contributed by atoms with Gasteiger partial charge in [0.1, 0.15) is 26.7 Å². The van der Waals surface area contributed by atoms with Crippen LogP contribution in [-0.4, -0.2) is 66.5 Å². The van der Waals surface area contributed by atoms with E-state index in [2.05, 4.69) is 0 Å². The van der Waals surface area contributed by atoms with E-state index >= 15 is 0 Å². The Kier molecular flexibility index (Phi) is 5.56. The molecule has 0 bridgehead atoms. The largest absolute Gasteiger partial charge is 0.388 e. The number of ether oxygens (including phenoxy) is 2. The quantitative estimate of drug-likeness (QED) is 0.407. The van der Waals surface area contributed by atoms with Gasteiger partial charge < -0.3 is 24.4 Å². The molecule has 1 aliphatic heterocycles. The van der Waals surface area contributed by atoms with Crippen molar-refractivity contribution in [2.75, 3.05) is 19.4 Å². The summed E-state index contributed by atoms with van der Waals surface area (Å²) in [4.78, 5) is 17.5.